The van der Waals surface area contributed by atoms with Gasteiger partial charge >= 0.3 is 0 Å². The first-order chi connectivity index (χ1) is 10.2. The molecular weight excluding hydrogens is 274 g/mol. The lowest BCUT2D eigenvalue weighted by molar-refractivity contribution is 0.371. The Morgan fingerprint density at radius 3 is 2.33 bits per heavy atom. The number of benzene rings is 1. The Hall–Kier alpha value is -1.12. The van der Waals surface area contributed by atoms with Crippen LogP contribution in [0.4, 0.5) is 0 Å². The first-order valence-corrected chi connectivity index (χ1v) is 8.93. The standard InChI is InChI=1S/C19H27NS/c1-4-9-17(19-12-8-13-21-19)20-18(14-15(2)3)16-10-6-5-7-11-16/h5-8,10-13,15,17-18,20H,4,9,14H2,1-3H3. The lowest BCUT2D eigenvalue weighted by atomic mass is 9.95. The zero-order chi connectivity index (χ0) is 15.1. The zero-order valence-electron chi connectivity index (χ0n) is 13.4. The average Bonchev–Trinajstić information content (AvgIpc) is 3.00. The molecule has 2 heteroatoms. The molecule has 0 saturated heterocycles. The largest absolute Gasteiger partial charge is 0.302 e. The molecule has 0 bridgehead atoms. The molecular formula is C19H27NS. The second kappa shape index (κ2) is 8.35. The maximum absolute atomic E-state index is 3.92. The number of hydrogen-bond donors (Lipinski definition) is 1. The second-order valence-electron chi connectivity index (χ2n) is 6.12. The molecule has 21 heavy (non-hydrogen) atoms. The Morgan fingerprint density at radius 2 is 1.76 bits per heavy atom. The van der Waals surface area contributed by atoms with Gasteiger partial charge in [-0.3, -0.25) is 0 Å². The molecule has 2 aromatic rings. The predicted molar refractivity (Wildman–Crippen MR) is 93.7 cm³/mol. The van der Waals surface area contributed by atoms with Crippen LogP contribution in [0, 0.1) is 5.92 Å². The van der Waals surface area contributed by atoms with Crippen molar-refractivity contribution in [3.8, 4) is 0 Å². The van der Waals surface area contributed by atoms with Crippen molar-refractivity contribution in [2.45, 2.75) is 52.1 Å². The van der Waals surface area contributed by atoms with Gasteiger partial charge in [-0.2, -0.15) is 0 Å². The van der Waals surface area contributed by atoms with Gasteiger partial charge in [-0.05, 0) is 35.8 Å². The van der Waals surface area contributed by atoms with Crippen LogP contribution in [0.1, 0.15) is 62.6 Å². The molecule has 114 valence electrons. The van der Waals surface area contributed by atoms with Crippen LogP contribution in [-0.2, 0) is 0 Å². The molecule has 0 saturated carbocycles. The monoisotopic (exact) mass is 301 g/mol. The molecule has 0 aliphatic carbocycles. The average molecular weight is 301 g/mol. The molecule has 2 rings (SSSR count). The van der Waals surface area contributed by atoms with E-state index in [1.807, 2.05) is 11.3 Å². The van der Waals surface area contributed by atoms with E-state index in [4.69, 9.17) is 0 Å². The minimum absolute atomic E-state index is 0.435. The molecule has 1 aromatic carbocycles. The summed E-state index contributed by atoms with van der Waals surface area (Å²) >= 11 is 1.86. The highest BCUT2D eigenvalue weighted by atomic mass is 32.1. The van der Waals surface area contributed by atoms with Crippen molar-refractivity contribution in [3.63, 3.8) is 0 Å². The highest BCUT2D eigenvalue weighted by Crippen LogP contribution is 2.29. The van der Waals surface area contributed by atoms with Crippen molar-refractivity contribution in [2.75, 3.05) is 0 Å². The van der Waals surface area contributed by atoms with Gasteiger partial charge < -0.3 is 5.32 Å². The van der Waals surface area contributed by atoms with E-state index in [1.165, 1.54) is 29.7 Å². The summed E-state index contributed by atoms with van der Waals surface area (Å²) in [5, 5.41) is 6.10. The molecule has 1 aromatic heterocycles. The van der Waals surface area contributed by atoms with Crippen LogP contribution >= 0.6 is 11.3 Å². The third-order valence-corrected chi connectivity index (χ3v) is 4.76. The molecule has 0 aliphatic heterocycles. The van der Waals surface area contributed by atoms with Crippen LogP contribution in [0.3, 0.4) is 0 Å². The molecule has 1 heterocycles. The molecule has 0 aliphatic rings. The van der Waals surface area contributed by atoms with Gasteiger partial charge in [0.25, 0.3) is 0 Å². The molecule has 0 fully saturated rings. The normalized spacial score (nSPS) is 14.3. The topological polar surface area (TPSA) is 12.0 Å². The van der Waals surface area contributed by atoms with E-state index in [-0.39, 0.29) is 0 Å². The van der Waals surface area contributed by atoms with Crippen molar-refractivity contribution in [1.82, 2.24) is 5.32 Å². The lowest BCUT2D eigenvalue weighted by Crippen LogP contribution is -2.27. The van der Waals surface area contributed by atoms with Crippen molar-refractivity contribution < 1.29 is 0 Å². The SMILES string of the molecule is CCCC(NC(CC(C)C)c1ccccc1)c1cccs1. The van der Waals surface area contributed by atoms with E-state index in [0.29, 0.717) is 18.0 Å². The third kappa shape index (κ3) is 4.98. The molecule has 0 amide bonds. The highest BCUT2D eigenvalue weighted by Gasteiger charge is 2.19. The maximum Gasteiger partial charge on any atom is 0.0419 e. The zero-order valence-corrected chi connectivity index (χ0v) is 14.2. The molecule has 1 N–H and O–H groups in total. The minimum atomic E-state index is 0.435. The van der Waals surface area contributed by atoms with Gasteiger partial charge in [-0.25, -0.2) is 0 Å². The quantitative estimate of drug-likeness (QED) is 0.633. The summed E-state index contributed by atoms with van der Waals surface area (Å²) in [5.41, 5.74) is 1.41. The van der Waals surface area contributed by atoms with Crippen LogP contribution in [-0.4, -0.2) is 0 Å². The maximum atomic E-state index is 3.92. The summed E-state index contributed by atoms with van der Waals surface area (Å²) in [6.07, 6.45) is 3.58. The Morgan fingerprint density at radius 1 is 1.00 bits per heavy atom. The summed E-state index contributed by atoms with van der Waals surface area (Å²) in [6.45, 7) is 6.87. The van der Waals surface area contributed by atoms with Gasteiger partial charge in [0, 0.05) is 17.0 Å². The van der Waals surface area contributed by atoms with Gasteiger partial charge in [-0.15, -0.1) is 11.3 Å². The summed E-state index contributed by atoms with van der Waals surface area (Å²) < 4.78 is 0. The van der Waals surface area contributed by atoms with Crippen LogP contribution < -0.4 is 5.32 Å². The fourth-order valence-electron chi connectivity index (χ4n) is 2.79. The van der Waals surface area contributed by atoms with E-state index < -0.39 is 0 Å². The molecule has 2 atom stereocenters. The smallest absolute Gasteiger partial charge is 0.0419 e. The number of hydrogen-bond acceptors (Lipinski definition) is 2. The van der Waals surface area contributed by atoms with Crippen LogP contribution in [0.15, 0.2) is 47.8 Å². The predicted octanol–water partition coefficient (Wildman–Crippen LogP) is 5.97. The fraction of sp³-hybridized carbons (Fsp3) is 0.474. The first-order valence-electron chi connectivity index (χ1n) is 8.05. The molecule has 0 spiro atoms. The number of rotatable bonds is 8. The molecule has 0 radical (unpaired) electrons. The Kier molecular flexibility index (Phi) is 6.47. The van der Waals surface area contributed by atoms with Gasteiger partial charge in [-0.1, -0.05) is 63.6 Å². The minimum Gasteiger partial charge on any atom is -0.302 e. The summed E-state index contributed by atoms with van der Waals surface area (Å²) in [6, 6.07) is 16.2. The van der Waals surface area contributed by atoms with Crippen LogP contribution in [0.25, 0.3) is 0 Å². The van der Waals surface area contributed by atoms with Gasteiger partial charge in [0.05, 0.1) is 0 Å². The van der Waals surface area contributed by atoms with Crippen molar-refractivity contribution in [1.29, 1.82) is 0 Å². The van der Waals surface area contributed by atoms with Gasteiger partial charge in [0.15, 0.2) is 0 Å². The van der Waals surface area contributed by atoms with E-state index in [2.05, 4.69) is 73.9 Å². The Bertz CT molecular complexity index is 490. The Balaban J connectivity index is 2.16. The van der Waals surface area contributed by atoms with Crippen LogP contribution in [0.5, 0.6) is 0 Å². The van der Waals surface area contributed by atoms with Crippen molar-refractivity contribution in [2.24, 2.45) is 5.92 Å². The van der Waals surface area contributed by atoms with E-state index in [0.717, 1.165) is 0 Å². The number of nitrogens with one attached hydrogen (secondary N) is 1. The summed E-state index contributed by atoms with van der Waals surface area (Å²) in [4.78, 5) is 1.46. The van der Waals surface area contributed by atoms with Crippen molar-refractivity contribution >= 4 is 11.3 Å². The number of thiophene rings is 1. The second-order valence-corrected chi connectivity index (χ2v) is 7.10. The lowest BCUT2D eigenvalue weighted by Gasteiger charge is -2.27. The van der Waals surface area contributed by atoms with Crippen molar-refractivity contribution in [3.05, 3.63) is 58.3 Å². The molecule has 2 unspecified atom stereocenters. The summed E-state index contributed by atoms with van der Waals surface area (Å²) in [7, 11) is 0. The van der Waals surface area contributed by atoms with E-state index >= 15 is 0 Å². The first kappa shape index (κ1) is 16.3. The van der Waals surface area contributed by atoms with Gasteiger partial charge in [0.2, 0.25) is 0 Å². The third-order valence-electron chi connectivity index (χ3n) is 3.78. The van der Waals surface area contributed by atoms with Crippen LogP contribution in [0.2, 0.25) is 0 Å². The van der Waals surface area contributed by atoms with Gasteiger partial charge in [0.1, 0.15) is 0 Å². The Labute approximate surface area is 133 Å². The van der Waals surface area contributed by atoms with E-state index in [1.54, 1.807) is 0 Å². The van der Waals surface area contributed by atoms with E-state index in [9.17, 15) is 0 Å². The highest BCUT2D eigenvalue weighted by molar-refractivity contribution is 7.10. The fourth-order valence-corrected chi connectivity index (χ4v) is 3.61. The molecule has 1 nitrogen and oxygen atoms in total. The summed E-state index contributed by atoms with van der Waals surface area (Å²) in [5.74, 6) is 0.688.